The molecule has 2 aromatic carbocycles. The number of nitriles is 1. The van der Waals surface area contributed by atoms with Crippen LogP contribution in [0.2, 0.25) is 0 Å². The van der Waals surface area contributed by atoms with Gasteiger partial charge in [-0.05, 0) is 42.5 Å². The minimum atomic E-state index is -0.393. The fourth-order valence-electron chi connectivity index (χ4n) is 3.63. The lowest BCUT2D eigenvalue weighted by Gasteiger charge is -2.28. The van der Waals surface area contributed by atoms with Crippen LogP contribution in [0.1, 0.15) is 55.7 Å². The molecule has 1 aromatic heterocycles. The van der Waals surface area contributed by atoms with E-state index in [-0.39, 0.29) is 6.61 Å². The number of nitrogens with zero attached hydrogens (tertiary/aromatic N) is 2. The van der Waals surface area contributed by atoms with Gasteiger partial charge in [0.1, 0.15) is 19.0 Å². The van der Waals surface area contributed by atoms with Crippen LogP contribution in [-0.2, 0) is 6.61 Å². The van der Waals surface area contributed by atoms with Gasteiger partial charge in [0.15, 0.2) is 11.6 Å². The average molecular weight is 448 g/mol. The van der Waals surface area contributed by atoms with Crippen LogP contribution < -0.4 is 15.2 Å². The zero-order chi connectivity index (χ0) is 23.6. The molecule has 0 spiro atoms. The van der Waals surface area contributed by atoms with Crippen LogP contribution in [0.4, 0.5) is 4.39 Å². The van der Waals surface area contributed by atoms with Crippen LogP contribution in [0.15, 0.2) is 54.9 Å². The fraction of sp³-hybridized carbons (Fsp3) is 0.333. The van der Waals surface area contributed by atoms with E-state index in [1.165, 1.54) is 0 Å². The summed E-state index contributed by atoms with van der Waals surface area (Å²) in [5, 5.41) is 8.96. The van der Waals surface area contributed by atoms with Crippen LogP contribution in [0.3, 0.4) is 0 Å². The van der Waals surface area contributed by atoms with E-state index in [4.69, 9.17) is 20.5 Å². The lowest BCUT2D eigenvalue weighted by Crippen LogP contribution is -2.12. The van der Waals surface area contributed by atoms with Gasteiger partial charge >= 0.3 is 0 Å². The Balaban J connectivity index is 0.00000149. The topological polar surface area (TPSA) is 81.2 Å². The second-order valence-corrected chi connectivity index (χ2v) is 7.62. The number of ether oxygens (including phenoxy) is 2. The van der Waals surface area contributed by atoms with Gasteiger partial charge < -0.3 is 15.2 Å². The van der Waals surface area contributed by atoms with Crippen LogP contribution in [-0.4, -0.2) is 18.1 Å². The zero-order valence-electron chi connectivity index (χ0n) is 19.2. The molecule has 0 aliphatic heterocycles. The van der Waals surface area contributed by atoms with Crippen molar-refractivity contribution in [2.75, 3.05) is 13.2 Å². The number of hydrogen-bond donors (Lipinski definition) is 1. The third-order valence-electron chi connectivity index (χ3n) is 5.55. The van der Waals surface area contributed by atoms with E-state index in [1.54, 1.807) is 36.7 Å². The van der Waals surface area contributed by atoms with Crippen molar-refractivity contribution in [2.24, 2.45) is 5.73 Å². The highest BCUT2D eigenvalue weighted by Crippen LogP contribution is 2.44. The molecule has 0 saturated heterocycles. The molecule has 33 heavy (non-hydrogen) atoms. The molecule has 1 heterocycles. The minimum Gasteiger partial charge on any atom is -0.491 e. The predicted octanol–water partition coefficient (Wildman–Crippen LogP) is 5.97. The maximum absolute atomic E-state index is 15.7. The summed E-state index contributed by atoms with van der Waals surface area (Å²) in [5.41, 5.74) is 8.90. The van der Waals surface area contributed by atoms with Gasteiger partial charge in [0.25, 0.3) is 0 Å². The number of aromatic nitrogens is 1. The Hall–Kier alpha value is -3.43. The van der Waals surface area contributed by atoms with Gasteiger partial charge in [-0.25, -0.2) is 4.39 Å². The average Bonchev–Trinajstić information content (AvgIpc) is 2.83. The van der Waals surface area contributed by atoms with E-state index in [0.29, 0.717) is 47.3 Å². The quantitative estimate of drug-likeness (QED) is 0.460. The van der Waals surface area contributed by atoms with Crippen LogP contribution in [0, 0.1) is 17.1 Å². The summed E-state index contributed by atoms with van der Waals surface area (Å²) in [6.07, 6.45) is 6.42. The highest BCUT2D eigenvalue weighted by molar-refractivity contribution is 5.68. The lowest BCUT2D eigenvalue weighted by atomic mass is 9.79. The molecule has 0 bridgehead atoms. The van der Waals surface area contributed by atoms with Crippen molar-refractivity contribution < 1.29 is 13.9 Å². The largest absolute Gasteiger partial charge is 0.491 e. The Morgan fingerprint density at radius 3 is 2.48 bits per heavy atom. The Kier molecular flexibility index (Phi) is 8.79. The normalized spacial score (nSPS) is 12.7. The number of halogens is 1. The molecule has 0 amide bonds. The van der Waals surface area contributed by atoms with Crippen molar-refractivity contribution in [3.8, 4) is 28.7 Å². The molecule has 0 atom stereocenters. The number of hydrogen-bond acceptors (Lipinski definition) is 5. The van der Waals surface area contributed by atoms with Crippen molar-refractivity contribution in [3.63, 3.8) is 0 Å². The zero-order valence-corrected chi connectivity index (χ0v) is 19.2. The summed E-state index contributed by atoms with van der Waals surface area (Å²) in [5.74, 6) is 0.762. The number of pyridine rings is 1. The molecular formula is C27H30FN3O2. The summed E-state index contributed by atoms with van der Waals surface area (Å²) < 4.78 is 27.2. The third-order valence-corrected chi connectivity index (χ3v) is 5.55. The van der Waals surface area contributed by atoms with Gasteiger partial charge in [0.2, 0.25) is 0 Å². The number of nitrogens with two attached hydrogens (primary N) is 1. The van der Waals surface area contributed by atoms with E-state index < -0.39 is 5.82 Å². The second-order valence-electron chi connectivity index (χ2n) is 7.62. The van der Waals surface area contributed by atoms with Crippen LogP contribution in [0.25, 0.3) is 11.1 Å². The maximum Gasteiger partial charge on any atom is 0.173 e. The first-order valence-electron chi connectivity index (χ1n) is 11.4. The van der Waals surface area contributed by atoms with Gasteiger partial charge in [-0.2, -0.15) is 5.26 Å². The Bertz CT molecular complexity index is 1090. The summed E-state index contributed by atoms with van der Waals surface area (Å²) in [6.45, 7) is 4.99. The van der Waals surface area contributed by atoms with E-state index in [0.717, 1.165) is 30.4 Å². The highest BCUT2D eigenvalue weighted by Gasteiger charge is 2.26. The van der Waals surface area contributed by atoms with Crippen molar-refractivity contribution in [3.05, 3.63) is 77.4 Å². The first-order chi connectivity index (χ1) is 16.2. The van der Waals surface area contributed by atoms with Gasteiger partial charge in [-0.3, -0.25) is 4.98 Å². The minimum absolute atomic E-state index is 0.226. The predicted molar refractivity (Wildman–Crippen MR) is 128 cm³/mol. The van der Waals surface area contributed by atoms with E-state index >= 15 is 4.39 Å². The molecular weight excluding hydrogens is 417 g/mol. The smallest absolute Gasteiger partial charge is 0.173 e. The number of benzene rings is 2. The third kappa shape index (κ3) is 5.88. The van der Waals surface area contributed by atoms with E-state index in [9.17, 15) is 0 Å². The first kappa shape index (κ1) is 24.2. The molecule has 0 unspecified atom stereocenters. The molecule has 1 saturated carbocycles. The fourth-order valence-corrected chi connectivity index (χ4v) is 3.63. The summed E-state index contributed by atoms with van der Waals surface area (Å²) >= 11 is 0. The summed E-state index contributed by atoms with van der Waals surface area (Å²) in [7, 11) is 0. The Morgan fingerprint density at radius 1 is 1.09 bits per heavy atom. The van der Waals surface area contributed by atoms with E-state index in [1.807, 2.05) is 32.0 Å². The molecule has 1 aliphatic rings. The number of rotatable bonds is 8. The lowest BCUT2D eigenvalue weighted by molar-refractivity contribution is 0.279. The standard InChI is InChI=1S/C25H24FN3O2.C2H6/c26-24-22(20-12-21(15-29-14-20)30-11-10-27)8-9-23(19-2-1-3-19)25(24)31-16-18-6-4-17(13-28)5-7-18;1-2/h4-9,12,14-15,19H,1-3,10-11,16,27H2;1-2H3. The molecule has 4 rings (SSSR count). The highest BCUT2D eigenvalue weighted by atomic mass is 19.1. The van der Waals surface area contributed by atoms with Crippen LogP contribution in [0.5, 0.6) is 11.5 Å². The van der Waals surface area contributed by atoms with Crippen molar-refractivity contribution in [1.82, 2.24) is 4.98 Å². The summed E-state index contributed by atoms with van der Waals surface area (Å²) in [4.78, 5) is 4.18. The van der Waals surface area contributed by atoms with Crippen LogP contribution >= 0.6 is 0 Å². The molecule has 1 aliphatic carbocycles. The molecule has 3 aromatic rings. The second kappa shape index (κ2) is 12.0. The molecule has 6 heteroatoms. The monoisotopic (exact) mass is 447 g/mol. The van der Waals surface area contributed by atoms with E-state index in [2.05, 4.69) is 11.1 Å². The van der Waals surface area contributed by atoms with Gasteiger partial charge in [-0.1, -0.05) is 44.5 Å². The Labute approximate surface area is 195 Å². The van der Waals surface area contributed by atoms with Gasteiger partial charge in [-0.15, -0.1) is 0 Å². The molecule has 172 valence electrons. The SMILES string of the molecule is CC.N#Cc1ccc(COc2c(C3CCC3)ccc(-c3cncc(OCCN)c3)c2F)cc1. The van der Waals surface area contributed by atoms with Crippen molar-refractivity contribution in [1.29, 1.82) is 5.26 Å². The van der Waals surface area contributed by atoms with Crippen molar-refractivity contribution in [2.45, 2.75) is 45.6 Å². The molecule has 1 fully saturated rings. The molecule has 2 N–H and O–H groups in total. The maximum atomic E-state index is 15.7. The van der Waals surface area contributed by atoms with Gasteiger partial charge in [0, 0.05) is 29.4 Å². The molecule has 0 radical (unpaired) electrons. The first-order valence-corrected chi connectivity index (χ1v) is 11.4. The molecule has 5 nitrogen and oxygen atoms in total. The van der Waals surface area contributed by atoms with Gasteiger partial charge in [0.05, 0.1) is 17.8 Å². The summed E-state index contributed by atoms with van der Waals surface area (Å²) in [6, 6.07) is 14.7. The van der Waals surface area contributed by atoms with Crippen molar-refractivity contribution >= 4 is 0 Å². The Morgan fingerprint density at radius 2 is 1.85 bits per heavy atom.